The van der Waals surface area contributed by atoms with Gasteiger partial charge in [0.05, 0.1) is 10.6 Å². The molecule has 0 atom stereocenters. The molecule has 1 aromatic carbocycles. The van der Waals surface area contributed by atoms with Gasteiger partial charge in [-0.1, -0.05) is 23.4 Å². The second kappa shape index (κ2) is 5.29. The van der Waals surface area contributed by atoms with Crippen LogP contribution in [0.4, 0.5) is 5.69 Å². The van der Waals surface area contributed by atoms with Gasteiger partial charge >= 0.3 is 5.97 Å². The first-order chi connectivity index (χ1) is 8.58. The summed E-state index contributed by atoms with van der Waals surface area (Å²) in [6, 6.07) is 6.50. The smallest absolute Gasteiger partial charge is 0.336 e. The van der Waals surface area contributed by atoms with Crippen LogP contribution < -0.4 is 5.73 Å². The van der Waals surface area contributed by atoms with Crippen LogP contribution in [0.2, 0.25) is 5.02 Å². The molecule has 0 spiro atoms. The molecule has 1 heterocycles. The van der Waals surface area contributed by atoms with Crippen molar-refractivity contribution in [2.75, 3.05) is 5.73 Å². The average molecular weight is 281 g/mol. The third kappa shape index (κ3) is 2.75. The van der Waals surface area contributed by atoms with Crippen molar-refractivity contribution >= 4 is 35.0 Å². The van der Waals surface area contributed by atoms with E-state index in [0.29, 0.717) is 15.6 Å². The van der Waals surface area contributed by atoms with Crippen molar-refractivity contribution in [3.63, 3.8) is 0 Å². The average Bonchev–Trinajstić information content (AvgIpc) is 2.33. The first kappa shape index (κ1) is 12.7. The van der Waals surface area contributed by atoms with Crippen LogP contribution in [-0.4, -0.2) is 16.1 Å². The number of carboxylic acid groups (broad SMARTS) is 1. The van der Waals surface area contributed by atoms with Gasteiger partial charge in [0.2, 0.25) is 0 Å². The summed E-state index contributed by atoms with van der Waals surface area (Å²) in [5.74, 6) is -1.05. The van der Waals surface area contributed by atoms with Crippen LogP contribution in [0.1, 0.15) is 10.4 Å². The number of nitrogens with zero attached hydrogens (tertiary/aromatic N) is 1. The van der Waals surface area contributed by atoms with Gasteiger partial charge in [-0.05, 0) is 24.3 Å². The highest BCUT2D eigenvalue weighted by Gasteiger charge is 2.15. The molecule has 0 aliphatic rings. The summed E-state index contributed by atoms with van der Waals surface area (Å²) in [6.07, 6.45) is 3.27. The Morgan fingerprint density at radius 1 is 1.33 bits per heavy atom. The fourth-order valence-electron chi connectivity index (χ4n) is 1.40. The highest BCUT2D eigenvalue weighted by Crippen LogP contribution is 2.37. The summed E-state index contributed by atoms with van der Waals surface area (Å²) in [5, 5.41) is 9.48. The molecule has 0 amide bonds. The zero-order valence-corrected chi connectivity index (χ0v) is 10.7. The molecule has 0 bridgehead atoms. The Kier molecular flexibility index (Phi) is 3.74. The van der Waals surface area contributed by atoms with Crippen LogP contribution in [0.25, 0.3) is 0 Å². The molecule has 2 aromatic rings. The monoisotopic (exact) mass is 280 g/mol. The van der Waals surface area contributed by atoms with E-state index in [1.807, 2.05) is 0 Å². The molecule has 0 aliphatic carbocycles. The Morgan fingerprint density at radius 2 is 2.00 bits per heavy atom. The zero-order valence-electron chi connectivity index (χ0n) is 9.13. The number of aromatic nitrogens is 1. The molecule has 0 radical (unpaired) electrons. The maximum Gasteiger partial charge on any atom is 0.336 e. The van der Waals surface area contributed by atoms with Crippen LogP contribution in [0, 0.1) is 0 Å². The number of nitrogen functional groups attached to an aromatic ring is 1. The third-order valence-electron chi connectivity index (χ3n) is 2.17. The van der Waals surface area contributed by atoms with E-state index in [0.717, 1.165) is 4.90 Å². The molecule has 1 aromatic heterocycles. The van der Waals surface area contributed by atoms with Gasteiger partial charge in [-0.3, -0.25) is 4.98 Å². The number of carbonyl (C=O) groups is 1. The van der Waals surface area contributed by atoms with Gasteiger partial charge in [0.25, 0.3) is 0 Å². The fraction of sp³-hybridized carbons (Fsp3) is 0. The van der Waals surface area contributed by atoms with Crippen molar-refractivity contribution in [1.82, 2.24) is 4.98 Å². The highest BCUT2D eigenvalue weighted by atomic mass is 35.5. The van der Waals surface area contributed by atoms with Crippen LogP contribution in [-0.2, 0) is 0 Å². The van der Waals surface area contributed by atoms with E-state index in [1.54, 1.807) is 24.5 Å². The SMILES string of the molecule is Nc1cc(Cl)c(Sc2ccncc2)c(C(=O)O)c1. The molecule has 0 aliphatic heterocycles. The second-order valence-electron chi connectivity index (χ2n) is 3.47. The lowest BCUT2D eigenvalue weighted by Crippen LogP contribution is -2.01. The molecule has 92 valence electrons. The number of carboxylic acids is 1. The Labute approximate surface area is 113 Å². The minimum atomic E-state index is -1.05. The van der Waals surface area contributed by atoms with Crippen LogP contribution in [0.5, 0.6) is 0 Å². The first-order valence-electron chi connectivity index (χ1n) is 4.98. The summed E-state index contributed by atoms with van der Waals surface area (Å²) in [5.41, 5.74) is 6.02. The Morgan fingerprint density at radius 3 is 2.61 bits per heavy atom. The van der Waals surface area contributed by atoms with Gasteiger partial charge in [0.1, 0.15) is 0 Å². The molecule has 0 saturated heterocycles. The molecule has 0 saturated carbocycles. The summed E-state index contributed by atoms with van der Waals surface area (Å²) >= 11 is 7.32. The minimum Gasteiger partial charge on any atom is -0.478 e. The van der Waals surface area contributed by atoms with Gasteiger partial charge in [0, 0.05) is 27.9 Å². The van der Waals surface area contributed by atoms with Gasteiger partial charge in [-0.15, -0.1) is 0 Å². The summed E-state index contributed by atoms with van der Waals surface area (Å²) in [4.78, 5) is 16.4. The Balaban J connectivity index is 2.47. The van der Waals surface area contributed by atoms with Crippen molar-refractivity contribution in [3.8, 4) is 0 Å². The number of pyridine rings is 1. The molecule has 6 heteroatoms. The van der Waals surface area contributed by atoms with E-state index in [2.05, 4.69) is 4.98 Å². The fourth-order valence-corrected chi connectivity index (χ4v) is 2.65. The molecular weight excluding hydrogens is 272 g/mol. The van der Waals surface area contributed by atoms with E-state index in [-0.39, 0.29) is 5.56 Å². The first-order valence-corrected chi connectivity index (χ1v) is 6.17. The van der Waals surface area contributed by atoms with E-state index >= 15 is 0 Å². The molecule has 18 heavy (non-hydrogen) atoms. The number of rotatable bonds is 3. The Bertz CT molecular complexity index is 590. The highest BCUT2D eigenvalue weighted by molar-refractivity contribution is 7.99. The quantitative estimate of drug-likeness (QED) is 0.845. The van der Waals surface area contributed by atoms with Crippen LogP contribution in [0.15, 0.2) is 46.5 Å². The lowest BCUT2D eigenvalue weighted by atomic mass is 10.2. The van der Waals surface area contributed by atoms with E-state index in [4.69, 9.17) is 22.4 Å². The maximum atomic E-state index is 11.2. The van der Waals surface area contributed by atoms with Gasteiger partial charge in [-0.2, -0.15) is 0 Å². The molecule has 0 fully saturated rings. The van der Waals surface area contributed by atoms with Crippen molar-refractivity contribution in [2.45, 2.75) is 9.79 Å². The standard InChI is InChI=1S/C12H9ClN2O2S/c13-10-6-7(14)5-9(12(16)17)11(10)18-8-1-3-15-4-2-8/h1-6H,14H2,(H,16,17). The van der Waals surface area contributed by atoms with Crippen LogP contribution in [0.3, 0.4) is 0 Å². The number of hydrogen-bond acceptors (Lipinski definition) is 4. The van der Waals surface area contributed by atoms with E-state index in [1.165, 1.54) is 23.9 Å². The largest absolute Gasteiger partial charge is 0.478 e. The summed E-state index contributed by atoms with van der Waals surface area (Å²) in [6.45, 7) is 0. The number of benzene rings is 1. The van der Waals surface area contributed by atoms with Gasteiger partial charge < -0.3 is 10.8 Å². The predicted molar refractivity (Wildman–Crippen MR) is 71.2 cm³/mol. The van der Waals surface area contributed by atoms with Crippen molar-refractivity contribution in [2.24, 2.45) is 0 Å². The lowest BCUT2D eigenvalue weighted by molar-refractivity contribution is 0.0693. The maximum absolute atomic E-state index is 11.2. The molecule has 2 rings (SSSR count). The van der Waals surface area contributed by atoms with Crippen molar-refractivity contribution < 1.29 is 9.90 Å². The number of anilines is 1. The number of aromatic carboxylic acids is 1. The van der Waals surface area contributed by atoms with Gasteiger partial charge in [0.15, 0.2) is 0 Å². The molecule has 0 unspecified atom stereocenters. The Hall–Kier alpha value is -1.72. The number of halogens is 1. The van der Waals surface area contributed by atoms with Crippen LogP contribution >= 0.6 is 23.4 Å². The lowest BCUT2D eigenvalue weighted by Gasteiger charge is -2.09. The van der Waals surface area contributed by atoms with E-state index < -0.39 is 5.97 Å². The normalized spacial score (nSPS) is 10.3. The molecular formula is C12H9ClN2O2S. The third-order valence-corrected chi connectivity index (χ3v) is 3.73. The van der Waals surface area contributed by atoms with E-state index in [9.17, 15) is 4.79 Å². The molecule has 3 N–H and O–H groups in total. The van der Waals surface area contributed by atoms with Crippen molar-refractivity contribution in [1.29, 1.82) is 0 Å². The second-order valence-corrected chi connectivity index (χ2v) is 4.96. The summed E-state index contributed by atoms with van der Waals surface area (Å²) < 4.78 is 0. The minimum absolute atomic E-state index is 0.0989. The number of hydrogen-bond donors (Lipinski definition) is 2. The summed E-state index contributed by atoms with van der Waals surface area (Å²) in [7, 11) is 0. The van der Waals surface area contributed by atoms with Gasteiger partial charge in [-0.25, -0.2) is 4.79 Å². The zero-order chi connectivity index (χ0) is 13.1. The molecule has 4 nitrogen and oxygen atoms in total. The predicted octanol–water partition coefficient (Wildman–Crippen LogP) is 3.17. The number of nitrogens with two attached hydrogens (primary N) is 1. The topological polar surface area (TPSA) is 76.2 Å². The van der Waals surface area contributed by atoms with Crippen molar-refractivity contribution in [3.05, 3.63) is 47.2 Å².